The maximum atomic E-state index is 14.1. The normalized spacial score (nSPS) is 13.0. The number of nitriles is 1. The number of rotatable bonds is 3. The van der Waals surface area contributed by atoms with Gasteiger partial charge in [0.1, 0.15) is 11.8 Å². The predicted octanol–water partition coefficient (Wildman–Crippen LogP) is 4.16. The molecule has 3 aromatic rings. The summed E-state index contributed by atoms with van der Waals surface area (Å²) >= 11 is 0. The Morgan fingerprint density at radius 3 is 2.72 bits per heavy atom. The zero-order valence-corrected chi connectivity index (χ0v) is 16.5. The van der Waals surface area contributed by atoms with E-state index in [1.54, 1.807) is 18.3 Å². The Kier molecular flexibility index (Phi) is 4.85. The standard InChI is InChI=1S/C22H20FN5O/c1-13-4-5-21(18(23)8-13)29-17-9-16-12-28(7-6-19(16)25-11-17)22-15(3)14(2)20(10-24)26-27-22/h4-5,8-9,11H,6-7,12H2,1-3H3. The summed E-state index contributed by atoms with van der Waals surface area (Å²) in [6.45, 7) is 7.02. The summed E-state index contributed by atoms with van der Waals surface area (Å²) in [5.41, 5.74) is 4.97. The number of fused-ring (bicyclic) bond motifs is 1. The van der Waals surface area contributed by atoms with Gasteiger partial charge in [-0.1, -0.05) is 6.07 Å². The van der Waals surface area contributed by atoms with Crippen molar-refractivity contribution in [3.8, 4) is 17.6 Å². The summed E-state index contributed by atoms with van der Waals surface area (Å²) in [6, 6.07) is 8.84. The quantitative estimate of drug-likeness (QED) is 0.669. The van der Waals surface area contributed by atoms with E-state index in [1.165, 1.54) is 6.07 Å². The van der Waals surface area contributed by atoms with Crippen LogP contribution in [0.1, 0.15) is 33.6 Å². The molecular formula is C22H20FN5O. The van der Waals surface area contributed by atoms with Crippen LogP contribution in [0.5, 0.6) is 11.5 Å². The molecule has 0 saturated carbocycles. The number of benzene rings is 1. The van der Waals surface area contributed by atoms with E-state index in [4.69, 9.17) is 10.00 Å². The molecule has 6 nitrogen and oxygen atoms in total. The van der Waals surface area contributed by atoms with Crippen LogP contribution in [0.4, 0.5) is 10.2 Å². The minimum absolute atomic E-state index is 0.175. The fourth-order valence-electron chi connectivity index (χ4n) is 3.46. The van der Waals surface area contributed by atoms with Gasteiger partial charge in [-0.05, 0) is 61.2 Å². The lowest BCUT2D eigenvalue weighted by molar-refractivity contribution is 0.438. The van der Waals surface area contributed by atoms with Gasteiger partial charge in [-0.15, -0.1) is 10.2 Å². The van der Waals surface area contributed by atoms with E-state index < -0.39 is 5.82 Å². The molecule has 0 unspecified atom stereocenters. The molecule has 0 fully saturated rings. The average molecular weight is 389 g/mol. The highest BCUT2D eigenvalue weighted by Gasteiger charge is 2.22. The van der Waals surface area contributed by atoms with E-state index in [9.17, 15) is 4.39 Å². The summed E-state index contributed by atoms with van der Waals surface area (Å²) in [5, 5.41) is 17.5. The molecule has 0 bridgehead atoms. The van der Waals surface area contributed by atoms with Crippen molar-refractivity contribution < 1.29 is 9.13 Å². The number of halogens is 1. The molecule has 0 atom stereocenters. The van der Waals surface area contributed by atoms with Crippen LogP contribution in [-0.4, -0.2) is 21.7 Å². The third kappa shape index (κ3) is 3.61. The van der Waals surface area contributed by atoms with Gasteiger partial charge >= 0.3 is 0 Å². The lowest BCUT2D eigenvalue weighted by atomic mass is 10.0. The van der Waals surface area contributed by atoms with E-state index in [2.05, 4.69) is 26.2 Å². The second kappa shape index (κ2) is 7.47. The van der Waals surface area contributed by atoms with Crippen LogP contribution in [0.25, 0.3) is 0 Å². The number of hydrogen-bond acceptors (Lipinski definition) is 6. The summed E-state index contributed by atoms with van der Waals surface area (Å²) < 4.78 is 19.8. The van der Waals surface area contributed by atoms with Crippen molar-refractivity contribution in [1.82, 2.24) is 15.2 Å². The van der Waals surface area contributed by atoms with Gasteiger partial charge in [0.25, 0.3) is 0 Å². The van der Waals surface area contributed by atoms with Gasteiger partial charge in [0.2, 0.25) is 0 Å². The first-order valence-corrected chi connectivity index (χ1v) is 9.37. The monoisotopic (exact) mass is 389 g/mol. The summed E-state index contributed by atoms with van der Waals surface area (Å²) in [7, 11) is 0. The van der Waals surface area contributed by atoms with E-state index in [-0.39, 0.29) is 5.75 Å². The maximum absolute atomic E-state index is 14.1. The SMILES string of the molecule is Cc1ccc(Oc2cnc3c(c2)CN(c2nnc(C#N)c(C)c2C)CC3)c(F)c1. The van der Waals surface area contributed by atoms with Crippen molar-refractivity contribution >= 4 is 5.82 Å². The number of ether oxygens (including phenoxy) is 1. The van der Waals surface area contributed by atoms with Crippen molar-refractivity contribution in [2.75, 3.05) is 11.4 Å². The molecule has 0 aliphatic carbocycles. The van der Waals surface area contributed by atoms with Crippen LogP contribution >= 0.6 is 0 Å². The Balaban J connectivity index is 1.60. The maximum Gasteiger partial charge on any atom is 0.166 e. The number of hydrogen-bond donors (Lipinski definition) is 0. The molecule has 0 radical (unpaired) electrons. The molecule has 2 aromatic heterocycles. The van der Waals surface area contributed by atoms with Crippen LogP contribution in [-0.2, 0) is 13.0 Å². The van der Waals surface area contributed by atoms with Gasteiger partial charge in [-0.2, -0.15) is 5.26 Å². The Hall–Kier alpha value is -3.53. The van der Waals surface area contributed by atoms with Gasteiger partial charge < -0.3 is 9.64 Å². The van der Waals surface area contributed by atoms with E-state index in [0.717, 1.165) is 46.7 Å². The molecule has 0 saturated heterocycles. The predicted molar refractivity (Wildman–Crippen MR) is 106 cm³/mol. The lowest BCUT2D eigenvalue weighted by Gasteiger charge is -2.30. The number of aryl methyl sites for hydroxylation is 1. The van der Waals surface area contributed by atoms with E-state index in [0.29, 0.717) is 18.0 Å². The van der Waals surface area contributed by atoms with E-state index >= 15 is 0 Å². The van der Waals surface area contributed by atoms with Crippen molar-refractivity contribution in [3.63, 3.8) is 0 Å². The lowest BCUT2D eigenvalue weighted by Crippen LogP contribution is -2.32. The van der Waals surface area contributed by atoms with Crippen LogP contribution in [0.2, 0.25) is 0 Å². The number of pyridine rings is 1. The van der Waals surface area contributed by atoms with E-state index in [1.807, 2.05) is 26.8 Å². The number of anilines is 1. The Labute approximate surface area is 168 Å². The first-order chi connectivity index (χ1) is 14.0. The molecule has 0 spiro atoms. The molecule has 1 aliphatic heterocycles. The van der Waals surface area contributed by atoms with Gasteiger partial charge in [0.15, 0.2) is 23.1 Å². The molecule has 4 rings (SSSR count). The highest BCUT2D eigenvalue weighted by molar-refractivity contribution is 5.53. The fraction of sp³-hybridized carbons (Fsp3) is 0.273. The Morgan fingerprint density at radius 2 is 1.97 bits per heavy atom. The molecule has 0 N–H and O–H groups in total. The molecule has 1 aliphatic rings. The number of aromatic nitrogens is 3. The minimum Gasteiger partial charge on any atom is -0.453 e. The van der Waals surface area contributed by atoms with Crippen LogP contribution in [0.3, 0.4) is 0 Å². The van der Waals surface area contributed by atoms with Gasteiger partial charge in [0, 0.05) is 25.2 Å². The fourth-order valence-corrected chi connectivity index (χ4v) is 3.46. The second-order valence-corrected chi connectivity index (χ2v) is 7.22. The summed E-state index contributed by atoms with van der Waals surface area (Å²) in [5.74, 6) is 1.04. The molecule has 3 heterocycles. The van der Waals surface area contributed by atoms with Crippen LogP contribution < -0.4 is 9.64 Å². The van der Waals surface area contributed by atoms with Gasteiger partial charge in [0.05, 0.1) is 6.20 Å². The average Bonchev–Trinajstić information content (AvgIpc) is 2.71. The molecule has 146 valence electrons. The minimum atomic E-state index is -0.400. The molecule has 1 aromatic carbocycles. The largest absolute Gasteiger partial charge is 0.453 e. The zero-order chi connectivity index (χ0) is 20.5. The van der Waals surface area contributed by atoms with Crippen LogP contribution in [0.15, 0.2) is 30.5 Å². The smallest absolute Gasteiger partial charge is 0.166 e. The zero-order valence-electron chi connectivity index (χ0n) is 16.5. The highest BCUT2D eigenvalue weighted by atomic mass is 19.1. The van der Waals surface area contributed by atoms with Crippen molar-refractivity contribution in [3.05, 3.63) is 69.9 Å². The van der Waals surface area contributed by atoms with Gasteiger partial charge in [-0.25, -0.2) is 4.39 Å². The Bertz CT molecular complexity index is 1140. The third-order valence-electron chi connectivity index (χ3n) is 5.23. The first kappa shape index (κ1) is 18.8. The molecule has 7 heteroatoms. The topological polar surface area (TPSA) is 74.9 Å². The van der Waals surface area contributed by atoms with Crippen LogP contribution in [0, 0.1) is 37.9 Å². The molecule has 29 heavy (non-hydrogen) atoms. The van der Waals surface area contributed by atoms with Crippen molar-refractivity contribution in [1.29, 1.82) is 5.26 Å². The van der Waals surface area contributed by atoms with Gasteiger partial charge in [-0.3, -0.25) is 4.98 Å². The van der Waals surface area contributed by atoms with Crippen molar-refractivity contribution in [2.24, 2.45) is 0 Å². The number of nitrogens with zero attached hydrogens (tertiary/aromatic N) is 5. The third-order valence-corrected chi connectivity index (χ3v) is 5.23. The summed E-state index contributed by atoms with van der Waals surface area (Å²) in [4.78, 5) is 6.63. The second-order valence-electron chi connectivity index (χ2n) is 7.22. The highest BCUT2D eigenvalue weighted by Crippen LogP contribution is 2.30. The summed E-state index contributed by atoms with van der Waals surface area (Å²) in [6.07, 6.45) is 2.39. The first-order valence-electron chi connectivity index (χ1n) is 9.37. The molecule has 0 amide bonds. The molecular weight excluding hydrogens is 369 g/mol. The Morgan fingerprint density at radius 1 is 1.14 bits per heavy atom. The van der Waals surface area contributed by atoms with Crippen molar-refractivity contribution in [2.45, 2.75) is 33.7 Å².